The van der Waals surface area contributed by atoms with E-state index in [0.29, 0.717) is 18.0 Å². The van der Waals surface area contributed by atoms with Crippen LogP contribution in [0, 0.1) is 0 Å². The van der Waals surface area contributed by atoms with Crippen LogP contribution in [0.2, 0.25) is 0 Å². The van der Waals surface area contributed by atoms with Crippen LogP contribution in [-0.4, -0.2) is 5.90 Å². The molecule has 0 aliphatic carbocycles. The Bertz CT molecular complexity index is 621. The number of benzene rings is 2. The molecule has 5 heteroatoms. The summed E-state index contributed by atoms with van der Waals surface area (Å²) in [6, 6.07) is 13.9. The van der Waals surface area contributed by atoms with Gasteiger partial charge in [0.15, 0.2) is 5.90 Å². The van der Waals surface area contributed by atoms with Crippen molar-refractivity contribution in [2.75, 3.05) is 0 Å². The molecular weight excluding hydrogens is 279 g/mol. The Morgan fingerprint density at radius 2 is 1.76 bits per heavy atom. The van der Waals surface area contributed by atoms with Crippen LogP contribution >= 0.6 is 0 Å². The molecule has 21 heavy (non-hydrogen) atoms. The number of hydrogen-bond donors (Lipinski definition) is 0. The van der Waals surface area contributed by atoms with Crippen molar-refractivity contribution in [2.45, 2.75) is 19.5 Å². The molecule has 0 heterocycles. The van der Waals surface area contributed by atoms with Gasteiger partial charge in [0.2, 0.25) is 0 Å². The topological polar surface area (TPSA) is 21.6 Å². The Morgan fingerprint density at radius 3 is 2.38 bits per heavy atom. The zero-order valence-corrected chi connectivity index (χ0v) is 11.4. The first kappa shape index (κ1) is 15.1. The third-order valence-electron chi connectivity index (χ3n) is 2.71. The third-order valence-corrected chi connectivity index (χ3v) is 2.71. The van der Waals surface area contributed by atoms with Gasteiger partial charge in [-0.15, -0.1) is 0 Å². The van der Waals surface area contributed by atoms with Crippen molar-refractivity contribution in [3.63, 3.8) is 0 Å². The van der Waals surface area contributed by atoms with Crippen molar-refractivity contribution >= 4 is 11.6 Å². The smallest absolute Gasteiger partial charge is 0.416 e. The summed E-state index contributed by atoms with van der Waals surface area (Å²) in [5.41, 5.74) is -0.0449. The van der Waals surface area contributed by atoms with E-state index in [-0.39, 0.29) is 5.75 Å². The summed E-state index contributed by atoms with van der Waals surface area (Å²) in [4.78, 5) is 4.28. The Hall–Kier alpha value is -2.30. The lowest BCUT2D eigenvalue weighted by Crippen LogP contribution is -2.09. The van der Waals surface area contributed by atoms with Gasteiger partial charge in [0.25, 0.3) is 0 Å². The average Bonchev–Trinajstić information content (AvgIpc) is 2.47. The second kappa shape index (κ2) is 6.43. The molecule has 0 spiro atoms. The minimum Gasteiger partial charge on any atom is -0.443 e. The SMILES string of the molecule is CCC(=Nc1ccccc1)Oc1cccc(C(F)(F)F)c1. The lowest BCUT2D eigenvalue weighted by molar-refractivity contribution is -0.137. The van der Waals surface area contributed by atoms with Crippen molar-refractivity contribution in [1.82, 2.24) is 0 Å². The van der Waals surface area contributed by atoms with E-state index >= 15 is 0 Å². The van der Waals surface area contributed by atoms with Crippen molar-refractivity contribution in [1.29, 1.82) is 0 Å². The first-order valence-electron chi connectivity index (χ1n) is 6.47. The maximum Gasteiger partial charge on any atom is 0.416 e. The van der Waals surface area contributed by atoms with Gasteiger partial charge in [-0.2, -0.15) is 13.2 Å². The maximum absolute atomic E-state index is 12.6. The Morgan fingerprint density at radius 1 is 1.05 bits per heavy atom. The van der Waals surface area contributed by atoms with E-state index < -0.39 is 11.7 Å². The van der Waals surface area contributed by atoms with Gasteiger partial charge in [0, 0.05) is 6.42 Å². The molecule has 0 saturated carbocycles. The maximum atomic E-state index is 12.6. The van der Waals surface area contributed by atoms with Crippen LogP contribution in [0.4, 0.5) is 18.9 Å². The van der Waals surface area contributed by atoms with Gasteiger partial charge in [-0.05, 0) is 30.3 Å². The van der Waals surface area contributed by atoms with Crippen LogP contribution < -0.4 is 4.74 Å². The molecule has 0 unspecified atom stereocenters. The van der Waals surface area contributed by atoms with Crippen molar-refractivity contribution < 1.29 is 17.9 Å². The monoisotopic (exact) mass is 293 g/mol. The summed E-state index contributed by atoms with van der Waals surface area (Å²) in [5.74, 6) is 0.488. The van der Waals surface area contributed by atoms with Crippen LogP contribution in [0.25, 0.3) is 0 Å². The van der Waals surface area contributed by atoms with Crippen LogP contribution in [0.1, 0.15) is 18.9 Å². The summed E-state index contributed by atoms with van der Waals surface area (Å²) in [5, 5.41) is 0. The summed E-state index contributed by atoms with van der Waals surface area (Å²) in [7, 11) is 0. The Labute approximate surface area is 120 Å². The minimum atomic E-state index is -4.39. The summed E-state index contributed by atoms with van der Waals surface area (Å²) in [6.07, 6.45) is -3.91. The van der Waals surface area contributed by atoms with Gasteiger partial charge in [0.1, 0.15) is 5.75 Å². The number of alkyl halides is 3. The molecule has 0 saturated heterocycles. The molecule has 0 N–H and O–H groups in total. The molecule has 0 atom stereocenters. The molecule has 2 rings (SSSR count). The van der Waals surface area contributed by atoms with Crippen molar-refractivity contribution in [2.24, 2.45) is 4.99 Å². The van der Waals surface area contributed by atoms with E-state index in [4.69, 9.17) is 4.74 Å². The van der Waals surface area contributed by atoms with Gasteiger partial charge in [0.05, 0.1) is 11.3 Å². The van der Waals surface area contributed by atoms with E-state index in [9.17, 15) is 13.2 Å². The van der Waals surface area contributed by atoms with Gasteiger partial charge >= 0.3 is 6.18 Å². The molecule has 0 radical (unpaired) electrons. The fourth-order valence-corrected chi connectivity index (χ4v) is 1.69. The molecule has 2 aromatic carbocycles. The fraction of sp³-hybridized carbons (Fsp3) is 0.188. The molecule has 0 fully saturated rings. The normalized spacial score (nSPS) is 12.3. The van der Waals surface area contributed by atoms with Gasteiger partial charge in [-0.1, -0.05) is 31.2 Å². The predicted molar refractivity (Wildman–Crippen MR) is 75.9 cm³/mol. The molecule has 2 aromatic rings. The minimum absolute atomic E-state index is 0.126. The number of ether oxygens (including phenoxy) is 1. The summed E-state index contributed by atoms with van der Waals surface area (Å²) >= 11 is 0. The molecule has 0 bridgehead atoms. The Kier molecular flexibility index (Phi) is 4.62. The Balaban J connectivity index is 2.21. The fourth-order valence-electron chi connectivity index (χ4n) is 1.69. The molecule has 0 aliphatic heterocycles. The van der Waals surface area contributed by atoms with E-state index in [0.717, 1.165) is 12.1 Å². The summed E-state index contributed by atoms with van der Waals surface area (Å²) < 4.78 is 43.4. The zero-order chi connectivity index (χ0) is 15.3. The van der Waals surface area contributed by atoms with Crippen molar-refractivity contribution in [3.05, 3.63) is 60.2 Å². The molecule has 0 aliphatic rings. The largest absolute Gasteiger partial charge is 0.443 e. The second-order valence-corrected chi connectivity index (χ2v) is 4.32. The average molecular weight is 293 g/mol. The number of halogens is 3. The quantitative estimate of drug-likeness (QED) is 0.561. The van der Waals surface area contributed by atoms with E-state index in [1.165, 1.54) is 12.1 Å². The first-order chi connectivity index (χ1) is 9.99. The number of rotatable bonds is 3. The number of para-hydroxylation sites is 1. The van der Waals surface area contributed by atoms with Gasteiger partial charge in [-0.25, -0.2) is 4.99 Å². The number of nitrogens with zero attached hydrogens (tertiary/aromatic N) is 1. The van der Waals surface area contributed by atoms with Crippen LogP contribution in [0.3, 0.4) is 0 Å². The van der Waals surface area contributed by atoms with Crippen LogP contribution in [0.15, 0.2) is 59.6 Å². The lowest BCUT2D eigenvalue weighted by atomic mass is 10.2. The molecular formula is C16H14F3NO. The van der Waals surface area contributed by atoms with E-state index in [2.05, 4.69) is 4.99 Å². The molecule has 0 aromatic heterocycles. The standard InChI is InChI=1S/C16H14F3NO/c1-2-15(20-13-8-4-3-5-9-13)21-14-10-6-7-12(11-14)16(17,18)19/h3-11H,2H2,1H3. The van der Waals surface area contributed by atoms with Gasteiger partial charge < -0.3 is 4.74 Å². The first-order valence-corrected chi connectivity index (χ1v) is 6.47. The highest BCUT2D eigenvalue weighted by atomic mass is 19.4. The molecule has 2 nitrogen and oxygen atoms in total. The van der Waals surface area contributed by atoms with Crippen LogP contribution in [-0.2, 0) is 6.18 Å². The highest BCUT2D eigenvalue weighted by molar-refractivity contribution is 5.81. The second-order valence-electron chi connectivity index (χ2n) is 4.32. The van der Waals surface area contributed by atoms with Crippen molar-refractivity contribution in [3.8, 4) is 5.75 Å². The van der Waals surface area contributed by atoms with E-state index in [1.54, 1.807) is 12.1 Å². The van der Waals surface area contributed by atoms with E-state index in [1.807, 2.05) is 25.1 Å². The summed E-state index contributed by atoms with van der Waals surface area (Å²) in [6.45, 7) is 1.83. The zero-order valence-electron chi connectivity index (χ0n) is 11.4. The molecule has 110 valence electrons. The predicted octanol–water partition coefficient (Wildman–Crippen LogP) is 5.22. The van der Waals surface area contributed by atoms with Crippen LogP contribution in [0.5, 0.6) is 5.75 Å². The molecule has 0 amide bonds. The number of aliphatic imine (C=N–C) groups is 1. The number of hydrogen-bond acceptors (Lipinski definition) is 2. The highest BCUT2D eigenvalue weighted by Crippen LogP contribution is 2.31. The highest BCUT2D eigenvalue weighted by Gasteiger charge is 2.30. The van der Waals surface area contributed by atoms with Gasteiger partial charge in [-0.3, -0.25) is 0 Å². The third kappa shape index (κ3) is 4.34. The lowest BCUT2D eigenvalue weighted by Gasteiger charge is -2.10.